The zero-order chi connectivity index (χ0) is 23.7. The van der Waals surface area contributed by atoms with Crippen LogP contribution in [-0.2, 0) is 6.18 Å². The molecule has 3 rings (SSSR count). The second-order valence-corrected chi connectivity index (χ2v) is 7.98. The average molecular weight is 468 g/mol. The van der Waals surface area contributed by atoms with Crippen LogP contribution in [-0.4, -0.2) is 54.3 Å². The number of piperazine rings is 1. The lowest BCUT2D eigenvalue weighted by atomic mass is 9.85. The van der Waals surface area contributed by atoms with Crippen LogP contribution in [0.3, 0.4) is 0 Å². The molecule has 1 aromatic rings. The molecule has 2 fully saturated rings. The maximum Gasteiger partial charge on any atom is 0.416 e. The standard InChI is InChI=1S/C19H22F6N4O3/c20-18(21,22)12-2-1-3-14(10-12)26-17(30)28-8-6-27(7-9-28)15-5-4-13(19(23,24)25)11-16(15)29(31)32/h4-5,11-12,14H,1-3,6-10H2,(H,26,30). The molecule has 7 nitrogen and oxygen atoms in total. The molecule has 2 amide bonds. The van der Waals surface area contributed by atoms with Gasteiger partial charge in [0.2, 0.25) is 0 Å². The maximum absolute atomic E-state index is 13.0. The minimum Gasteiger partial charge on any atom is -0.362 e. The molecular formula is C19H22F6N4O3. The van der Waals surface area contributed by atoms with E-state index in [1.54, 1.807) is 0 Å². The Kier molecular flexibility index (Phi) is 6.75. The summed E-state index contributed by atoms with van der Waals surface area (Å²) in [5.74, 6) is -1.45. The molecule has 1 heterocycles. The summed E-state index contributed by atoms with van der Waals surface area (Å²) in [5, 5.41) is 13.9. The molecule has 1 N–H and O–H groups in total. The van der Waals surface area contributed by atoms with Crippen molar-refractivity contribution in [3.05, 3.63) is 33.9 Å². The smallest absolute Gasteiger partial charge is 0.362 e. The van der Waals surface area contributed by atoms with E-state index in [1.165, 1.54) is 9.80 Å². The van der Waals surface area contributed by atoms with E-state index in [0.717, 1.165) is 12.1 Å². The first-order valence-electron chi connectivity index (χ1n) is 10.1. The maximum atomic E-state index is 13.0. The molecule has 1 aromatic carbocycles. The summed E-state index contributed by atoms with van der Waals surface area (Å²) in [6.07, 6.45) is -8.33. The number of anilines is 1. The van der Waals surface area contributed by atoms with Crippen molar-refractivity contribution in [1.29, 1.82) is 0 Å². The van der Waals surface area contributed by atoms with Crippen molar-refractivity contribution in [2.24, 2.45) is 5.92 Å². The number of urea groups is 1. The van der Waals surface area contributed by atoms with Gasteiger partial charge < -0.3 is 15.1 Å². The van der Waals surface area contributed by atoms with Crippen LogP contribution in [0.25, 0.3) is 0 Å². The van der Waals surface area contributed by atoms with Gasteiger partial charge in [0.1, 0.15) is 5.69 Å². The van der Waals surface area contributed by atoms with Crippen LogP contribution in [0.1, 0.15) is 31.2 Å². The van der Waals surface area contributed by atoms with Gasteiger partial charge in [0.05, 0.1) is 16.4 Å². The summed E-state index contributed by atoms with van der Waals surface area (Å²) in [7, 11) is 0. The van der Waals surface area contributed by atoms with Gasteiger partial charge in [-0.1, -0.05) is 6.42 Å². The largest absolute Gasteiger partial charge is 0.416 e. The molecular weight excluding hydrogens is 446 g/mol. The molecule has 1 saturated heterocycles. The van der Waals surface area contributed by atoms with E-state index in [0.29, 0.717) is 18.9 Å². The van der Waals surface area contributed by atoms with Crippen LogP contribution in [0, 0.1) is 16.0 Å². The fourth-order valence-corrected chi connectivity index (χ4v) is 4.15. The van der Waals surface area contributed by atoms with Gasteiger partial charge in [0, 0.05) is 38.3 Å². The SMILES string of the molecule is O=C(NC1CCCC(C(F)(F)F)C1)N1CCN(c2ccc(C(F)(F)F)cc2[N+](=O)[O-])CC1. The molecule has 2 atom stereocenters. The molecule has 0 aromatic heterocycles. The van der Waals surface area contributed by atoms with Crippen molar-refractivity contribution >= 4 is 17.4 Å². The van der Waals surface area contributed by atoms with E-state index in [4.69, 9.17) is 0 Å². The Morgan fingerprint density at radius 3 is 2.28 bits per heavy atom. The predicted octanol–water partition coefficient (Wildman–Crippen LogP) is 4.57. The van der Waals surface area contributed by atoms with Gasteiger partial charge in [0.15, 0.2) is 0 Å². The Bertz CT molecular complexity index is 852. The third kappa shape index (κ3) is 5.54. The van der Waals surface area contributed by atoms with Crippen molar-refractivity contribution in [3.8, 4) is 0 Å². The van der Waals surface area contributed by atoms with Crippen molar-refractivity contribution in [1.82, 2.24) is 10.2 Å². The molecule has 1 aliphatic heterocycles. The van der Waals surface area contributed by atoms with E-state index in [-0.39, 0.29) is 44.7 Å². The van der Waals surface area contributed by atoms with Crippen molar-refractivity contribution in [2.45, 2.75) is 44.1 Å². The number of benzene rings is 1. The van der Waals surface area contributed by atoms with E-state index in [2.05, 4.69) is 5.32 Å². The summed E-state index contributed by atoms with van der Waals surface area (Å²) in [6.45, 7) is 0.518. The first-order chi connectivity index (χ1) is 14.9. The lowest BCUT2D eigenvalue weighted by Gasteiger charge is -2.37. The van der Waals surface area contributed by atoms with E-state index in [1.807, 2.05) is 0 Å². The molecule has 0 spiro atoms. The number of alkyl halides is 6. The second-order valence-electron chi connectivity index (χ2n) is 7.98. The van der Waals surface area contributed by atoms with Crippen molar-refractivity contribution in [3.63, 3.8) is 0 Å². The van der Waals surface area contributed by atoms with E-state index in [9.17, 15) is 41.3 Å². The van der Waals surface area contributed by atoms with Gasteiger partial charge in [0.25, 0.3) is 5.69 Å². The highest BCUT2D eigenvalue weighted by Gasteiger charge is 2.42. The fourth-order valence-electron chi connectivity index (χ4n) is 4.15. The Hall–Kier alpha value is -2.73. The van der Waals surface area contributed by atoms with Gasteiger partial charge in [-0.25, -0.2) is 4.79 Å². The highest BCUT2D eigenvalue weighted by molar-refractivity contribution is 5.75. The van der Waals surface area contributed by atoms with Gasteiger partial charge >= 0.3 is 18.4 Å². The number of amides is 2. The normalized spacial score (nSPS) is 22.6. The lowest BCUT2D eigenvalue weighted by Crippen LogP contribution is -2.54. The van der Waals surface area contributed by atoms with E-state index >= 15 is 0 Å². The van der Waals surface area contributed by atoms with Crippen LogP contribution in [0.2, 0.25) is 0 Å². The lowest BCUT2D eigenvalue weighted by molar-refractivity contribution is -0.384. The summed E-state index contributed by atoms with van der Waals surface area (Å²) in [6, 6.07) is 1.18. The summed E-state index contributed by atoms with van der Waals surface area (Å²) < 4.78 is 77.5. The number of rotatable bonds is 3. The van der Waals surface area contributed by atoms with Gasteiger partial charge in [-0.2, -0.15) is 26.3 Å². The minimum absolute atomic E-state index is 0.0170. The van der Waals surface area contributed by atoms with E-state index < -0.39 is 46.5 Å². The predicted molar refractivity (Wildman–Crippen MR) is 102 cm³/mol. The van der Waals surface area contributed by atoms with Crippen LogP contribution in [0.4, 0.5) is 42.5 Å². The third-order valence-electron chi connectivity index (χ3n) is 5.87. The Labute approximate surface area is 179 Å². The topological polar surface area (TPSA) is 78.7 Å². The molecule has 1 aliphatic carbocycles. The highest BCUT2D eigenvalue weighted by atomic mass is 19.4. The van der Waals surface area contributed by atoms with Crippen molar-refractivity contribution in [2.75, 3.05) is 31.1 Å². The number of carbonyl (C=O) groups excluding carboxylic acids is 1. The fraction of sp³-hybridized carbons (Fsp3) is 0.632. The number of nitrogens with one attached hydrogen (secondary N) is 1. The first kappa shape index (κ1) is 23.9. The van der Waals surface area contributed by atoms with Gasteiger partial charge in [-0.15, -0.1) is 0 Å². The average Bonchev–Trinajstić information content (AvgIpc) is 2.72. The first-order valence-corrected chi connectivity index (χ1v) is 10.1. The molecule has 2 unspecified atom stereocenters. The number of carbonyl (C=O) groups is 1. The molecule has 32 heavy (non-hydrogen) atoms. The highest BCUT2D eigenvalue weighted by Crippen LogP contribution is 2.38. The van der Waals surface area contributed by atoms with Gasteiger partial charge in [-0.05, 0) is 31.4 Å². The number of nitro benzene ring substituents is 1. The Morgan fingerprint density at radius 1 is 1.06 bits per heavy atom. The summed E-state index contributed by atoms with van der Waals surface area (Å²) in [5.41, 5.74) is -1.79. The quantitative estimate of drug-likeness (QED) is 0.401. The zero-order valence-corrected chi connectivity index (χ0v) is 16.9. The molecule has 0 bridgehead atoms. The Balaban J connectivity index is 1.60. The molecule has 178 valence electrons. The molecule has 2 aliphatic rings. The van der Waals surface area contributed by atoms with Crippen LogP contribution in [0.15, 0.2) is 18.2 Å². The summed E-state index contributed by atoms with van der Waals surface area (Å²) >= 11 is 0. The molecule has 1 saturated carbocycles. The number of nitrogens with zero attached hydrogens (tertiary/aromatic N) is 3. The number of nitro groups is 1. The number of halogens is 6. The molecule has 13 heteroatoms. The third-order valence-corrected chi connectivity index (χ3v) is 5.87. The number of hydrogen-bond acceptors (Lipinski definition) is 4. The van der Waals surface area contributed by atoms with Crippen LogP contribution >= 0.6 is 0 Å². The van der Waals surface area contributed by atoms with Crippen molar-refractivity contribution < 1.29 is 36.1 Å². The summed E-state index contributed by atoms with van der Waals surface area (Å²) in [4.78, 5) is 25.8. The van der Waals surface area contributed by atoms with Crippen LogP contribution < -0.4 is 10.2 Å². The minimum atomic E-state index is -4.72. The van der Waals surface area contributed by atoms with Crippen LogP contribution in [0.5, 0.6) is 0 Å². The molecule has 0 radical (unpaired) electrons. The van der Waals surface area contributed by atoms with Gasteiger partial charge in [-0.3, -0.25) is 10.1 Å². The number of hydrogen-bond donors (Lipinski definition) is 1. The Morgan fingerprint density at radius 2 is 1.72 bits per heavy atom. The monoisotopic (exact) mass is 468 g/mol. The zero-order valence-electron chi connectivity index (χ0n) is 16.9. The second kappa shape index (κ2) is 9.02.